The Morgan fingerprint density at radius 3 is 2.64 bits per heavy atom. The Kier molecular flexibility index (Phi) is 5.14. The summed E-state index contributed by atoms with van der Waals surface area (Å²) in [7, 11) is 2.20. The maximum Gasteiger partial charge on any atom is 0.0682 e. The zero-order chi connectivity index (χ0) is 15.5. The number of aliphatic hydroxyl groups is 1. The van der Waals surface area contributed by atoms with Gasteiger partial charge in [-0.1, -0.05) is 30.3 Å². The van der Waals surface area contributed by atoms with Crippen LogP contribution in [0.15, 0.2) is 30.3 Å². The van der Waals surface area contributed by atoms with E-state index in [-0.39, 0.29) is 6.10 Å². The minimum Gasteiger partial charge on any atom is -0.392 e. The second kappa shape index (κ2) is 7.09. The average Bonchev–Trinajstić information content (AvgIpc) is 3.00. The number of hydrogen-bond acceptors (Lipinski definition) is 4. The van der Waals surface area contributed by atoms with Crippen LogP contribution in [0.5, 0.6) is 0 Å². The molecule has 0 saturated carbocycles. The largest absolute Gasteiger partial charge is 0.392 e. The van der Waals surface area contributed by atoms with E-state index in [0.29, 0.717) is 18.1 Å². The molecule has 4 atom stereocenters. The summed E-state index contributed by atoms with van der Waals surface area (Å²) in [5, 5.41) is 13.8. The van der Waals surface area contributed by atoms with Crippen molar-refractivity contribution < 1.29 is 5.11 Å². The van der Waals surface area contributed by atoms with E-state index in [1.807, 2.05) is 0 Å². The maximum absolute atomic E-state index is 10.0. The van der Waals surface area contributed by atoms with Gasteiger partial charge >= 0.3 is 0 Å². The highest BCUT2D eigenvalue weighted by atomic mass is 16.3. The lowest BCUT2D eigenvalue weighted by atomic mass is 10.1. The summed E-state index contributed by atoms with van der Waals surface area (Å²) in [5.74, 6) is 0. The Balaban J connectivity index is 1.52. The summed E-state index contributed by atoms with van der Waals surface area (Å²) in [6.45, 7) is 6.14. The van der Waals surface area contributed by atoms with E-state index in [1.54, 1.807) is 0 Å². The molecular weight excluding hydrogens is 274 g/mol. The van der Waals surface area contributed by atoms with Crippen LogP contribution in [0.2, 0.25) is 0 Å². The van der Waals surface area contributed by atoms with Gasteiger partial charge in [0.25, 0.3) is 0 Å². The van der Waals surface area contributed by atoms with Crippen molar-refractivity contribution in [1.82, 2.24) is 15.1 Å². The Bertz CT molecular complexity index is 457. The number of aliphatic hydroxyl groups excluding tert-OH is 1. The normalized spacial score (nSPS) is 33.6. The lowest BCUT2D eigenvalue weighted by Gasteiger charge is -2.26. The first-order chi connectivity index (χ1) is 10.6. The third-order valence-electron chi connectivity index (χ3n) is 5.26. The molecule has 0 radical (unpaired) electrons. The standard InChI is InChI=1S/C18H29N3O/c1-14-8-16(12-20(14)2)19-10-17-9-18(22)13-21(17)11-15-6-4-3-5-7-15/h3-7,14,16-19,22H,8-13H2,1-2H3. The van der Waals surface area contributed by atoms with Crippen molar-refractivity contribution in [3.63, 3.8) is 0 Å². The zero-order valence-corrected chi connectivity index (χ0v) is 13.8. The molecule has 4 heteroatoms. The summed E-state index contributed by atoms with van der Waals surface area (Å²) >= 11 is 0. The number of benzene rings is 1. The van der Waals surface area contributed by atoms with Gasteiger partial charge in [0.05, 0.1) is 6.10 Å². The van der Waals surface area contributed by atoms with Gasteiger partial charge in [0, 0.05) is 44.3 Å². The topological polar surface area (TPSA) is 38.7 Å². The molecular formula is C18H29N3O. The molecule has 0 amide bonds. The summed E-state index contributed by atoms with van der Waals surface area (Å²) in [6, 6.07) is 12.3. The molecule has 122 valence electrons. The monoisotopic (exact) mass is 303 g/mol. The van der Waals surface area contributed by atoms with E-state index in [0.717, 1.165) is 32.6 Å². The van der Waals surface area contributed by atoms with Gasteiger partial charge in [0.15, 0.2) is 0 Å². The number of hydrogen-bond donors (Lipinski definition) is 2. The molecule has 2 aliphatic heterocycles. The second-order valence-corrected chi connectivity index (χ2v) is 7.09. The predicted octanol–water partition coefficient (Wildman–Crippen LogP) is 1.30. The molecule has 2 saturated heterocycles. The Morgan fingerprint density at radius 2 is 1.95 bits per heavy atom. The third kappa shape index (κ3) is 3.87. The quantitative estimate of drug-likeness (QED) is 0.860. The van der Waals surface area contributed by atoms with Crippen molar-refractivity contribution in [3.05, 3.63) is 35.9 Å². The van der Waals surface area contributed by atoms with Gasteiger partial charge in [-0.05, 0) is 32.4 Å². The van der Waals surface area contributed by atoms with Crippen LogP contribution in [0.1, 0.15) is 25.3 Å². The molecule has 2 fully saturated rings. The van der Waals surface area contributed by atoms with Crippen LogP contribution in [0.4, 0.5) is 0 Å². The minimum absolute atomic E-state index is 0.180. The van der Waals surface area contributed by atoms with Crippen LogP contribution >= 0.6 is 0 Å². The number of nitrogens with one attached hydrogen (secondary N) is 1. The highest BCUT2D eigenvalue weighted by Gasteiger charge is 2.32. The van der Waals surface area contributed by atoms with Crippen molar-refractivity contribution in [2.45, 2.75) is 50.5 Å². The average molecular weight is 303 g/mol. The molecule has 22 heavy (non-hydrogen) atoms. The van der Waals surface area contributed by atoms with Crippen LogP contribution in [0, 0.1) is 0 Å². The van der Waals surface area contributed by atoms with E-state index in [1.165, 1.54) is 12.0 Å². The predicted molar refractivity (Wildman–Crippen MR) is 89.8 cm³/mol. The van der Waals surface area contributed by atoms with Gasteiger partial charge in [-0.15, -0.1) is 0 Å². The summed E-state index contributed by atoms with van der Waals surface area (Å²) < 4.78 is 0. The Labute approximate surface area is 134 Å². The number of likely N-dealkylation sites (N-methyl/N-ethyl adjacent to an activating group) is 1. The first-order valence-electron chi connectivity index (χ1n) is 8.51. The maximum atomic E-state index is 10.0. The van der Waals surface area contributed by atoms with Crippen molar-refractivity contribution in [1.29, 1.82) is 0 Å². The number of likely N-dealkylation sites (tertiary alicyclic amines) is 2. The van der Waals surface area contributed by atoms with E-state index in [4.69, 9.17) is 0 Å². The number of nitrogens with zero attached hydrogens (tertiary/aromatic N) is 2. The van der Waals surface area contributed by atoms with Gasteiger partial charge in [-0.2, -0.15) is 0 Å². The molecule has 0 spiro atoms. The molecule has 2 heterocycles. The molecule has 0 aromatic heterocycles. The Hall–Kier alpha value is -0.940. The van der Waals surface area contributed by atoms with Crippen LogP contribution < -0.4 is 5.32 Å². The van der Waals surface area contributed by atoms with Gasteiger partial charge in [0.2, 0.25) is 0 Å². The first kappa shape index (κ1) is 15.9. The van der Waals surface area contributed by atoms with Crippen LogP contribution in [0.25, 0.3) is 0 Å². The molecule has 0 aliphatic carbocycles. The van der Waals surface area contributed by atoms with Crippen LogP contribution in [-0.2, 0) is 6.54 Å². The fourth-order valence-electron chi connectivity index (χ4n) is 3.83. The second-order valence-electron chi connectivity index (χ2n) is 7.09. The van der Waals surface area contributed by atoms with Crippen molar-refractivity contribution in [2.24, 2.45) is 0 Å². The van der Waals surface area contributed by atoms with Crippen LogP contribution in [-0.4, -0.2) is 65.8 Å². The lowest BCUT2D eigenvalue weighted by Crippen LogP contribution is -2.42. The highest BCUT2D eigenvalue weighted by Crippen LogP contribution is 2.21. The summed E-state index contributed by atoms with van der Waals surface area (Å²) in [6.07, 6.45) is 1.93. The van der Waals surface area contributed by atoms with E-state index >= 15 is 0 Å². The van der Waals surface area contributed by atoms with Gasteiger partial charge in [0.1, 0.15) is 0 Å². The van der Waals surface area contributed by atoms with Crippen molar-refractivity contribution in [2.75, 3.05) is 26.7 Å². The molecule has 1 aromatic carbocycles. The number of β-amino-alcohol motifs (C(OH)–C–C–N with tert-alkyl or cyclic N) is 1. The van der Waals surface area contributed by atoms with E-state index in [2.05, 4.69) is 59.4 Å². The van der Waals surface area contributed by atoms with Crippen molar-refractivity contribution in [3.8, 4) is 0 Å². The molecule has 2 N–H and O–H groups in total. The SMILES string of the molecule is CC1CC(NCC2CC(O)CN2Cc2ccccc2)CN1C. The van der Waals surface area contributed by atoms with Gasteiger partial charge < -0.3 is 15.3 Å². The first-order valence-corrected chi connectivity index (χ1v) is 8.51. The number of rotatable bonds is 5. The van der Waals surface area contributed by atoms with E-state index in [9.17, 15) is 5.11 Å². The molecule has 0 bridgehead atoms. The summed E-state index contributed by atoms with van der Waals surface area (Å²) in [4.78, 5) is 4.85. The Morgan fingerprint density at radius 1 is 1.18 bits per heavy atom. The van der Waals surface area contributed by atoms with Gasteiger partial charge in [-0.25, -0.2) is 0 Å². The molecule has 2 aliphatic rings. The fourth-order valence-corrected chi connectivity index (χ4v) is 3.83. The minimum atomic E-state index is -0.180. The zero-order valence-electron chi connectivity index (χ0n) is 13.8. The highest BCUT2D eigenvalue weighted by molar-refractivity contribution is 5.15. The van der Waals surface area contributed by atoms with E-state index < -0.39 is 0 Å². The molecule has 1 aromatic rings. The molecule has 4 nitrogen and oxygen atoms in total. The molecule has 4 unspecified atom stereocenters. The fraction of sp³-hybridized carbons (Fsp3) is 0.667. The molecule has 3 rings (SSSR count). The summed E-state index contributed by atoms with van der Waals surface area (Å²) in [5.41, 5.74) is 1.33. The van der Waals surface area contributed by atoms with Crippen LogP contribution in [0.3, 0.4) is 0 Å². The third-order valence-corrected chi connectivity index (χ3v) is 5.26. The smallest absolute Gasteiger partial charge is 0.0682 e. The van der Waals surface area contributed by atoms with Crippen molar-refractivity contribution >= 4 is 0 Å². The van der Waals surface area contributed by atoms with Gasteiger partial charge in [-0.3, -0.25) is 4.90 Å². The lowest BCUT2D eigenvalue weighted by molar-refractivity contribution is 0.172.